The number of halogens is 1. The summed E-state index contributed by atoms with van der Waals surface area (Å²) in [6, 6.07) is 4.53. The molecule has 0 spiro atoms. The summed E-state index contributed by atoms with van der Waals surface area (Å²) in [6.07, 6.45) is 0. The van der Waals surface area contributed by atoms with E-state index in [2.05, 4.69) is 39.1 Å². The maximum absolute atomic E-state index is 5.86. The molecule has 0 saturated carbocycles. The van der Waals surface area contributed by atoms with Gasteiger partial charge in [-0.05, 0) is 24.5 Å². The van der Waals surface area contributed by atoms with Gasteiger partial charge in [0, 0.05) is 17.5 Å². The molecule has 1 heterocycles. The molecule has 0 saturated heterocycles. The summed E-state index contributed by atoms with van der Waals surface area (Å²) in [7, 11) is 0. The van der Waals surface area contributed by atoms with Crippen LogP contribution in [0.25, 0.3) is 0 Å². The number of hydrogen-bond acceptors (Lipinski definition) is 2. The molecule has 0 aliphatic heterocycles. The van der Waals surface area contributed by atoms with Crippen molar-refractivity contribution in [1.82, 2.24) is 5.32 Å². The minimum absolute atomic E-state index is 0.307. The van der Waals surface area contributed by atoms with Crippen LogP contribution in [-0.2, 0) is 6.54 Å². The number of hydrogen-bond donors (Lipinski definition) is 1. The molecular weight excluding hydrogens is 214 g/mol. The van der Waals surface area contributed by atoms with Crippen LogP contribution in [0.2, 0.25) is 4.34 Å². The molecule has 1 nitrogen and oxygen atoms in total. The molecule has 3 heteroatoms. The average Bonchev–Trinajstić information content (AvgIpc) is 2.45. The van der Waals surface area contributed by atoms with Crippen LogP contribution in [0.3, 0.4) is 0 Å². The van der Waals surface area contributed by atoms with Crippen LogP contribution < -0.4 is 5.32 Å². The Labute approximate surface area is 95.5 Å². The Balaban J connectivity index is 2.41. The second-order valence-electron chi connectivity index (χ2n) is 4.67. The molecular formula is C11H18ClNS. The molecule has 0 aliphatic rings. The van der Waals surface area contributed by atoms with E-state index in [0.29, 0.717) is 11.5 Å². The summed E-state index contributed by atoms with van der Waals surface area (Å²) in [5, 5.41) is 3.50. The van der Waals surface area contributed by atoms with Gasteiger partial charge in [0.05, 0.1) is 4.34 Å². The van der Waals surface area contributed by atoms with Crippen molar-refractivity contribution >= 4 is 22.9 Å². The van der Waals surface area contributed by atoms with Crippen molar-refractivity contribution in [1.29, 1.82) is 0 Å². The summed E-state index contributed by atoms with van der Waals surface area (Å²) < 4.78 is 0.866. The fourth-order valence-electron chi connectivity index (χ4n) is 1.01. The molecule has 0 aliphatic carbocycles. The summed E-state index contributed by atoms with van der Waals surface area (Å²) in [5.74, 6) is 0. The molecule has 0 amide bonds. The molecule has 0 radical (unpaired) electrons. The van der Waals surface area contributed by atoms with Gasteiger partial charge < -0.3 is 5.32 Å². The van der Waals surface area contributed by atoms with E-state index < -0.39 is 0 Å². The van der Waals surface area contributed by atoms with Gasteiger partial charge in [-0.3, -0.25) is 0 Å². The molecule has 1 atom stereocenters. The topological polar surface area (TPSA) is 12.0 Å². The fourth-order valence-corrected chi connectivity index (χ4v) is 2.05. The van der Waals surface area contributed by atoms with Crippen molar-refractivity contribution in [3.05, 3.63) is 21.3 Å². The Hall–Kier alpha value is -0.0500. The zero-order valence-electron chi connectivity index (χ0n) is 9.23. The third kappa shape index (κ3) is 3.60. The SMILES string of the molecule is CC(NCc1ccc(Cl)s1)C(C)(C)C. The van der Waals surface area contributed by atoms with Crippen LogP contribution in [-0.4, -0.2) is 6.04 Å². The first-order valence-electron chi connectivity index (χ1n) is 4.87. The zero-order valence-corrected chi connectivity index (χ0v) is 10.8. The van der Waals surface area contributed by atoms with Crippen molar-refractivity contribution in [2.45, 2.75) is 40.3 Å². The smallest absolute Gasteiger partial charge is 0.0931 e. The van der Waals surface area contributed by atoms with Crippen molar-refractivity contribution in [2.24, 2.45) is 5.41 Å². The molecule has 14 heavy (non-hydrogen) atoms. The zero-order chi connectivity index (χ0) is 10.8. The van der Waals surface area contributed by atoms with E-state index in [1.807, 2.05) is 6.07 Å². The monoisotopic (exact) mass is 231 g/mol. The van der Waals surface area contributed by atoms with Crippen LogP contribution in [0.4, 0.5) is 0 Å². The Bertz CT molecular complexity index is 288. The molecule has 0 bridgehead atoms. The van der Waals surface area contributed by atoms with E-state index in [4.69, 9.17) is 11.6 Å². The van der Waals surface area contributed by atoms with E-state index in [0.717, 1.165) is 10.9 Å². The lowest BCUT2D eigenvalue weighted by atomic mass is 9.88. The Kier molecular flexibility index (Phi) is 3.99. The largest absolute Gasteiger partial charge is 0.309 e. The van der Waals surface area contributed by atoms with E-state index in [-0.39, 0.29) is 0 Å². The van der Waals surface area contributed by atoms with Gasteiger partial charge in [0.15, 0.2) is 0 Å². The first-order valence-corrected chi connectivity index (χ1v) is 6.06. The fraction of sp³-hybridized carbons (Fsp3) is 0.636. The van der Waals surface area contributed by atoms with Gasteiger partial charge in [0.25, 0.3) is 0 Å². The minimum Gasteiger partial charge on any atom is -0.309 e. The van der Waals surface area contributed by atoms with Gasteiger partial charge in [0.1, 0.15) is 0 Å². The highest BCUT2D eigenvalue weighted by Gasteiger charge is 2.19. The van der Waals surface area contributed by atoms with Crippen molar-refractivity contribution in [3.63, 3.8) is 0 Å². The Morgan fingerprint density at radius 2 is 2.07 bits per heavy atom. The van der Waals surface area contributed by atoms with Gasteiger partial charge in [-0.15, -0.1) is 11.3 Å². The number of thiophene rings is 1. The van der Waals surface area contributed by atoms with E-state index in [1.54, 1.807) is 11.3 Å². The van der Waals surface area contributed by atoms with Gasteiger partial charge in [-0.2, -0.15) is 0 Å². The summed E-state index contributed by atoms with van der Waals surface area (Å²) in [5.41, 5.74) is 0.307. The van der Waals surface area contributed by atoms with E-state index in [1.165, 1.54) is 4.88 Å². The quantitative estimate of drug-likeness (QED) is 0.832. The second-order valence-corrected chi connectivity index (χ2v) is 6.47. The average molecular weight is 232 g/mol. The van der Waals surface area contributed by atoms with Crippen molar-refractivity contribution in [3.8, 4) is 0 Å². The van der Waals surface area contributed by atoms with Crippen molar-refractivity contribution in [2.75, 3.05) is 0 Å². The third-order valence-electron chi connectivity index (χ3n) is 2.51. The predicted octanol–water partition coefficient (Wildman–Crippen LogP) is 3.93. The Morgan fingerprint density at radius 1 is 1.43 bits per heavy atom. The molecule has 1 aromatic heterocycles. The second kappa shape index (κ2) is 4.65. The van der Waals surface area contributed by atoms with Gasteiger partial charge in [-0.25, -0.2) is 0 Å². The first kappa shape index (κ1) is 12.0. The van der Waals surface area contributed by atoms with Crippen molar-refractivity contribution < 1.29 is 0 Å². The lowest BCUT2D eigenvalue weighted by Gasteiger charge is -2.28. The highest BCUT2D eigenvalue weighted by atomic mass is 35.5. The molecule has 80 valence electrons. The highest BCUT2D eigenvalue weighted by molar-refractivity contribution is 7.16. The summed E-state index contributed by atoms with van der Waals surface area (Å²) in [4.78, 5) is 1.30. The predicted molar refractivity (Wildman–Crippen MR) is 65.1 cm³/mol. The van der Waals surface area contributed by atoms with Crippen LogP contribution in [0, 0.1) is 5.41 Å². The third-order valence-corrected chi connectivity index (χ3v) is 3.74. The normalized spacial score (nSPS) is 14.4. The van der Waals surface area contributed by atoms with E-state index in [9.17, 15) is 0 Å². The van der Waals surface area contributed by atoms with Crippen LogP contribution >= 0.6 is 22.9 Å². The lowest BCUT2D eigenvalue weighted by Crippen LogP contribution is -2.36. The standard InChI is InChI=1S/C11H18ClNS/c1-8(11(2,3)4)13-7-9-5-6-10(12)14-9/h5-6,8,13H,7H2,1-4H3. The lowest BCUT2D eigenvalue weighted by molar-refractivity contribution is 0.286. The number of nitrogens with one attached hydrogen (secondary N) is 1. The highest BCUT2D eigenvalue weighted by Crippen LogP contribution is 2.23. The molecule has 1 unspecified atom stereocenters. The molecule has 1 aromatic rings. The van der Waals surface area contributed by atoms with Gasteiger partial charge >= 0.3 is 0 Å². The molecule has 1 rings (SSSR count). The minimum atomic E-state index is 0.307. The van der Waals surface area contributed by atoms with Crippen LogP contribution in [0.5, 0.6) is 0 Å². The van der Waals surface area contributed by atoms with Gasteiger partial charge in [-0.1, -0.05) is 32.4 Å². The first-order chi connectivity index (χ1) is 6.39. The Morgan fingerprint density at radius 3 is 2.50 bits per heavy atom. The van der Waals surface area contributed by atoms with Gasteiger partial charge in [0.2, 0.25) is 0 Å². The summed E-state index contributed by atoms with van der Waals surface area (Å²) in [6.45, 7) is 9.86. The number of rotatable bonds is 3. The molecule has 0 fully saturated rings. The maximum Gasteiger partial charge on any atom is 0.0931 e. The summed E-state index contributed by atoms with van der Waals surface area (Å²) >= 11 is 7.50. The van der Waals surface area contributed by atoms with Crippen LogP contribution in [0.15, 0.2) is 12.1 Å². The molecule has 0 aromatic carbocycles. The maximum atomic E-state index is 5.86. The van der Waals surface area contributed by atoms with Crippen LogP contribution in [0.1, 0.15) is 32.6 Å². The van der Waals surface area contributed by atoms with E-state index >= 15 is 0 Å². The molecule has 1 N–H and O–H groups in total.